The normalized spacial score (nSPS) is 18.7. The average Bonchev–Trinajstić information content (AvgIpc) is 2.77. The largest absolute Gasteiger partial charge is 0.489 e. The first-order valence-corrected chi connectivity index (χ1v) is 12.3. The fourth-order valence-electron chi connectivity index (χ4n) is 4.47. The molecule has 2 atom stereocenters. The molecule has 0 aliphatic heterocycles. The molecule has 0 aromatic heterocycles. The van der Waals surface area contributed by atoms with Crippen molar-refractivity contribution in [2.75, 3.05) is 6.61 Å². The Kier molecular flexibility index (Phi) is 12.3. The molecule has 0 amide bonds. The molecule has 168 valence electrons. The summed E-state index contributed by atoms with van der Waals surface area (Å²) in [7, 11) is 0. The van der Waals surface area contributed by atoms with Gasteiger partial charge in [-0.3, -0.25) is 4.79 Å². The van der Waals surface area contributed by atoms with E-state index in [2.05, 4.69) is 19.6 Å². The van der Waals surface area contributed by atoms with Crippen molar-refractivity contribution in [3.63, 3.8) is 0 Å². The third kappa shape index (κ3) is 8.93. The second-order valence-corrected chi connectivity index (χ2v) is 8.64. The zero-order valence-corrected chi connectivity index (χ0v) is 19.1. The minimum atomic E-state index is -0.0294. The van der Waals surface area contributed by atoms with Gasteiger partial charge >= 0.3 is 5.97 Å². The maximum absolute atomic E-state index is 12.5. The highest BCUT2D eigenvalue weighted by Gasteiger charge is 2.31. The quantitative estimate of drug-likeness (QED) is 0.167. The molecule has 0 spiro atoms. The summed E-state index contributed by atoms with van der Waals surface area (Å²) in [5.41, 5.74) is 1.17. The molecule has 1 aliphatic rings. The van der Waals surface area contributed by atoms with Gasteiger partial charge in [-0.25, -0.2) is 0 Å². The lowest BCUT2D eigenvalue weighted by molar-refractivity contribution is -0.151. The van der Waals surface area contributed by atoms with Gasteiger partial charge in [0, 0.05) is 17.9 Å². The number of ether oxygens (including phenoxy) is 2. The van der Waals surface area contributed by atoms with Crippen LogP contribution in [-0.2, 0) is 9.53 Å². The van der Waals surface area contributed by atoms with E-state index >= 15 is 0 Å². The van der Waals surface area contributed by atoms with Crippen LogP contribution in [0.25, 0.3) is 0 Å². The molecule has 3 heteroatoms. The Bertz CT molecular complexity index is 610. The van der Waals surface area contributed by atoms with Gasteiger partial charge in [-0.15, -0.1) is 0 Å². The smallest absolute Gasteiger partial charge is 0.306 e. The van der Waals surface area contributed by atoms with Crippen LogP contribution in [0.3, 0.4) is 0 Å². The Balaban J connectivity index is 1.75. The summed E-state index contributed by atoms with van der Waals surface area (Å²) in [6, 6.07) is 8.17. The summed E-state index contributed by atoms with van der Waals surface area (Å²) in [6.45, 7) is 6.49. The van der Waals surface area contributed by atoms with Crippen molar-refractivity contribution in [1.82, 2.24) is 0 Å². The van der Waals surface area contributed by atoms with Crippen LogP contribution in [0.15, 0.2) is 36.9 Å². The van der Waals surface area contributed by atoms with Crippen molar-refractivity contribution in [3.05, 3.63) is 42.5 Å². The maximum atomic E-state index is 12.5. The van der Waals surface area contributed by atoms with Crippen molar-refractivity contribution < 1.29 is 14.3 Å². The van der Waals surface area contributed by atoms with Crippen molar-refractivity contribution in [2.45, 2.75) is 109 Å². The van der Waals surface area contributed by atoms with Gasteiger partial charge in [0.15, 0.2) is 0 Å². The molecule has 2 rings (SSSR count). The zero-order valence-electron chi connectivity index (χ0n) is 19.1. The Labute approximate surface area is 184 Å². The fourth-order valence-corrected chi connectivity index (χ4v) is 4.47. The van der Waals surface area contributed by atoms with E-state index in [0.717, 1.165) is 37.9 Å². The molecule has 1 aromatic carbocycles. The van der Waals surface area contributed by atoms with Crippen LogP contribution in [0, 0.1) is 0 Å². The molecule has 1 aliphatic carbocycles. The SMILES string of the molecule is C=CCOc1ccccc1C1CCCCC1OC(=O)CCCCCCCCCCC. The Morgan fingerprint density at radius 1 is 1.00 bits per heavy atom. The minimum Gasteiger partial charge on any atom is -0.489 e. The van der Waals surface area contributed by atoms with Gasteiger partial charge in [0.05, 0.1) is 0 Å². The summed E-state index contributed by atoms with van der Waals surface area (Å²) in [4.78, 5) is 12.5. The predicted octanol–water partition coefficient (Wildman–Crippen LogP) is 7.74. The molecule has 3 nitrogen and oxygen atoms in total. The monoisotopic (exact) mass is 414 g/mol. The topological polar surface area (TPSA) is 35.5 Å². The molecule has 1 fully saturated rings. The van der Waals surface area contributed by atoms with Crippen LogP contribution >= 0.6 is 0 Å². The Hall–Kier alpha value is -1.77. The molecule has 2 unspecified atom stereocenters. The van der Waals surface area contributed by atoms with Crippen LogP contribution in [0.5, 0.6) is 5.75 Å². The van der Waals surface area contributed by atoms with E-state index in [1.54, 1.807) is 6.08 Å². The van der Waals surface area contributed by atoms with Gasteiger partial charge in [-0.2, -0.15) is 0 Å². The van der Waals surface area contributed by atoms with Crippen molar-refractivity contribution in [1.29, 1.82) is 0 Å². The predicted molar refractivity (Wildman–Crippen MR) is 125 cm³/mol. The number of carbonyl (C=O) groups excluding carboxylic acids is 1. The molecular weight excluding hydrogens is 372 g/mol. The molecule has 1 aromatic rings. The van der Waals surface area contributed by atoms with Gasteiger partial charge in [0.25, 0.3) is 0 Å². The summed E-state index contributed by atoms with van der Waals surface area (Å²) < 4.78 is 11.8. The number of esters is 1. The molecular formula is C27H42O3. The van der Waals surface area contributed by atoms with Crippen molar-refractivity contribution in [2.24, 2.45) is 0 Å². The van der Waals surface area contributed by atoms with Gasteiger partial charge in [-0.05, 0) is 31.7 Å². The van der Waals surface area contributed by atoms with Gasteiger partial charge < -0.3 is 9.47 Å². The summed E-state index contributed by atoms with van der Waals surface area (Å²) in [5, 5.41) is 0. The standard InChI is InChI=1S/C27H42O3/c1-3-5-6-7-8-9-10-11-12-21-27(28)30-26-20-16-14-18-24(26)23-17-13-15-19-25(23)29-22-4-2/h4,13,15,17,19,24,26H,2-3,5-12,14,16,18,20-22H2,1H3. The third-order valence-electron chi connectivity index (χ3n) is 6.14. The molecule has 0 heterocycles. The number of hydrogen-bond acceptors (Lipinski definition) is 3. The van der Waals surface area contributed by atoms with Crippen LogP contribution in [0.2, 0.25) is 0 Å². The lowest BCUT2D eigenvalue weighted by Crippen LogP contribution is -2.29. The first-order valence-electron chi connectivity index (χ1n) is 12.3. The van der Waals surface area contributed by atoms with Gasteiger partial charge in [-0.1, -0.05) is 95.6 Å². The highest BCUT2D eigenvalue weighted by Crippen LogP contribution is 2.39. The number of para-hydroxylation sites is 1. The van der Waals surface area contributed by atoms with E-state index in [1.807, 2.05) is 18.2 Å². The molecule has 1 saturated carbocycles. The van der Waals surface area contributed by atoms with E-state index in [-0.39, 0.29) is 18.0 Å². The summed E-state index contributed by atoms with van der Waals surface area (Å²) in [5.74, 6) is 1.09. The lowest BCUT2D eigenvalue weighted by atomic mass is 9.81. The highest BCUT2D eigenvalue weighted by atomic mass is 16.5. The first-order chi connectivity index (χ1) is 14.8. The Morgan fingerprint density at radius 3 is 2.40 bits per heavy atom. The number of hydrogen-bond donors (Lipinski definition) is 0. The minimum absolute atomic E-state index is 0.0284. The van der Waals surface area contributed by atoms with Crippen molar-refractivity contribution >= 4 is 5.97 Å². The number of rotatable bonds is 15. The van der Waals surface area contributed by atoms with E-state index in [9.17, 15) is 4.79 Å². The number of carbonyl (C=O) groups is 1. The van der Waals surface area contributed by atoms with Gasteiger partial charge in [0.2, 0.25) is 0 Å². The van der Waals surface area contributed by atoms with E-state index in [0.29, 0.717) is 13.0 Å². The van der Waals surface area contributed by atoms with Gasteiger partial charge in [0.1, 0.15) is 18.5 Å². The second-order valence-electron chi connectivity index (χ2n) is 8.64. The van der Waals surface area contributed by atoms with Crippen LogP contribution in [0.4, 0.5) is 0 Å². The second kappa shape index (κ2) is 15.1. The van der Waals surface area contributed by atoms with Crippen molar-refractivity contribution in [3.8, 4) is 5.75 Å². The van der Waals surface area contributed by atoms with Crippen LogP contribution in [0.1, 0.15) is 108 Å². The summed E-state index contributed by atoms with van der Waals surface area (Å²) in [6.07, 6.45) is 17.9. The first kappa shape index (κ1) is 24.5. The molecule has 30 heavy (non-hydrogen) atoms. The molecule has 0 N–H and O–H groups in total. The van der Waals surface area contributed by atoms with E-state index in [4.69, 9.17) is 9.47 Å². The van der Waals surface area contributed by atoms with Crippen LogP contribution in [-0.4, -0.2) is 18.7 Å². The average molecular weight is 415 g/mol. The number of benzene rings is 1. The van der Waals surface area contributed by atoms with Crippen LogP contribution < -0.4 is 4.74 Å². The van der Waals surface area contributed by atoms with E-state index < -0.39 is 0 Å². The maximum Gasteiger partial charge on any atom is 0.306 e. The number of unbranched alkanes of at least 4 members (excludes halogenated alkanes) is 8. The fraction of sp³-hybridized carbons (Fsp3) is 0.667. The van der Waals surface area contributed by atoms with E-state index in [1.165, 1.54) is 56.9 Å². The Morgan fingerprint density at radius 2 is 1.67 bits per heavy atom. The lowest BCUT2D eigenvalue weighted by Gasteiger charge is -2.32. The molecule has 0 bridgehead atoms. The zero-order chi connectivity index (χ0) is 21.4. The highest BCUT2D eigenvalue weighted by molar-refractivity contribution is 5.69. The molecule has 0 saturated heterocycles. The summed E-state index contributed by atoms with van der Waals surface area (Å²) >= 11 is 0. The molecule has 0 radical (unpaired) electrons. The third-order valence-corrected chi connectivity index (χ3v) is 6.14.